The van der Waals surface area contributed by atoms with Crippen LogP contribution in [0, 0.1) is 5.82 Å². The van der Waals surface area contributed by atoms with E-state index in [9.17, 15) is 14.0 Å². The van der Waals surface area contributed by atoms with Crippen LogP contribution in [0.4, 0.5) is 14.9 Å². The van der Waals surface area contributed by atoms with E-state index in [0.717, 1.165) is 5.39 Å². The number of hydrogen-bond acceptors (Lipinski definition) is 6. The number of ether oxygens (including phenoxy) is 3. The van der Waals surface area contributed by atoms with Crippen LogP contribution in [0.5, 0.6) is 23.0 Å². The van der Waals surface area contributed by atoms with Crippen molar-refractivity contribution in [2.75, 3.05) is 19.5 Å². The first kappa shape index (κ1) is 23.5. The van der Waals surface area contributed by atoms with Gasteiger partial charge in [0, 0.05) is 23.3 Å². The molecular formula is C26H22FN3O5. The van der Waals surface area contributed by atoms with Crippen molar-refractivity contribution >= 4 is 28.5 Å². The van der Waals surface area contributed by atoms with Crippen LogP contribution in [0.15, 0.2) is 72.9 Å². The maximum atomic E-state index is 13.0. The zero-order valence-corrected chi connectivity index (χ0v) is 19.0. The van der Waals surface area contributed by atoms with Gasteiger partial charge in [0.25, 0.3) is 0 Å². The number of carbonyl (C=O) groups is 2. The number of aromatic nitrogens is 1. The SMILES string of the molecule is COc1cc2nccc(Oc3ccc(NC(=O)NC(=O)Cc4ccc(F)cc4)cc3)c2cc1OC. The van der Waals surface area contributed by atoms with Gasteiger partial charge in [-0.3, -0.25) is 15.1 Å². The predicted molar refractivity (Wildman–Crippen MR) is 129 cm³/mol. The summed E-state index contributed by atoms with van der Waals surface area (Å²) in [6.07, 6.45) is 1.59. The Labute approximate surface area is 200 Å². The number of imide groups is 1. The highest BCUT2D eigenvalue weighted by atomic mass is 19.1. The number of carbonyl (C=O) groups excluding carboxylic acids is 2. The van der Waals surface area contributed by atoms with E-state index in [1.54, 1.807) is 62.9 Å². The molecule has 0 saturated heterocycles. The van der Waals surface area contributed by atoms with Crippen LogP contribution in [-0.2, 0) is 11.2 Å². The van der Waals surface area contributed by atoms with Gasteiger partial charge >= 0.3 is 6.03 Å². The van der Waals surface area contributed by atoms with Gasteiger partial charge in [-0.1, -0.05) is 12.1 Å². The monoisotopic (exact) mass is 475 g/mol. The quantitative estimate of drug-likeness (QED) is 0.387. The second kappa shape index (κ2) is 10.5. The van der Waals surface area contributed by atoms with Gasteiger partial charge in [0.2, 0.25) is 5.91 Å². The molecule has 0 radical (unpaired) electrons. The second-order valence-electron chi connectivity index (χ2n) is 7.47. The van der Waals surface area contributed by atoms with E-state index in [1.807, 2.05) is 0 Å². The molecule has 178 valence electrons. The van der Waals surface area contributed by atoms with Gasteiger partial charge in [0.15, 0.2) is 11.5 Å². The lowest BCUT2D eigenvalue weighted by atomic mass is 10.1. The maximum absolute atomic E-state index is 13.0. The Balaban J connectivity index is 1.39. The average molecular weight is 475 g/mol. The van der Waals surface area contributed by atoms with Gasteiger partial charge in [0.1, 0.15) is 17.3 Å². The van der Waals surface area contributed by atoms with E-state index in [4.69, 9.17) is 14.2 Å². The molecule has 2 N–H and O–H groups in total. The lowest BCUT2D eigenvalue weighted by Crippen LogP contribution is -2.35. The summed E-state index contributed by atoms with van der Waals surface area (Å²) in [5.41, 5.74) is 1.74. The molecule has 0 aliphatic carbocycles. The number of hydrogen-bond donors (Lipinski definition) is 2. The van der Waals surface area contributed by atoms with Gasteiger partial charge < -0.3 is 19.5 Å². The van der Waals surface area contributed by atoms with Gasteiger partial charge in [-0.15, -0.1) is 0 Å². The topological polar surface area (TPSA) is 98.8 Å². The molecule has 3 amide bonds. The summed E-state index contributed by atoms with van der Waals surface area (Å²) in [4.78, 5) is 28.5. The Morgan fingerprint density at radius 2 is 1.57 bits per heavy atom. The number of pyridine rings is 1. The number of rotatable bonds is 7. The Morgan fingerprint density at radius 3 is 2.26 bits per heavy atom. The molecule has 0 fully saturated rings. The van der Waals surface area contributed by atoms with E-state index >= 15 is 0 Å². The molecule has 9 heteroatoms. The molecule has 0 unspecified atom stereocenters. The van der Waals surface area contributed by atoms with Crippen LogP contribution >= 0.6 is 0 Å². The highest BCUT2D eigenvalue weighted by Crippen LogP contribution is 2.36. The first-order valence-electron chi connectivity index (χ1n) is 10.6. The highest BCUT2D eigenvalue weighted by Gasteiger charge is 2.12. The van der Waals surface area contributed by atoms with E-state index in [2.05, 4.69) is 15.6 Å². The third kappa shape index (κ3) is 5.83. The number of methoxy groups -OCH3 is 2. The lowest BCUT2D eigenvalue weighted by Gasteiger charge is -2.13. The molecule has 0 saturated carbocycles. The first-order chi connectivity index (χ1) is 16.9. The number of fused-ring (bicyclic) bond motifs is 1. The van der Waals surface area contributed by atoms with Crippen LogP contribution in [0.25, 0.3) is 10.9 Å². The highest BCUT2D eigenvalue weighted by molar-refractivity contribution is 6.01. The fraction of sp³-hybridized carbons (Fsp3) is 0.115. The molecule has 0 aliphatic rings. The minimum absolute atomic E-state index is 0.0446. The molecular weight excluding hydrogens is 453 g/mol. The van der Waals surface area contributed by atoms with Crippen LogP contribution in [0.1, 0.15) is 5.56 Å². The zero-order chi connectivity index (χ0) is 24.8. The number of benzene rings is 3. The van der Waals surface area contributed by atoms with Crippen molar-refractivity contribution in [3.05, 3.63) is 84.3 Å². The standard InChI is InChI=1S/C26H22FN3O5/c1-33-23-14-20-21(15-24(23)34-2)28-12-11-22(20)35-19-9-7-18(8-10-19)29-26(32)30-25(31)13-16-3-5-17(27)6-4-16/h3-12,14-15H,13H2,1-2H3,(H2,29,30,31,32). The normalized spacial score (nSPS) is 10.5. The number of amides is 3. The molecule has 4 aromatic rings. The van der Waals surface area contributed by atoms with E-state index in [0.29, 0.717) is 39.8 Å². The molecule has 0 aliphatic heterocycles. The summed E-state index contributed by atoms with van der Waals surface area (Å²) in [7, 11) is 3.11. The lowest BCUT2D eigenvalue weighted by molar-refractivity contribution is -0.119. The van der Waals surface area contributed by atoms with Crippen molar-refractivity contribution < 1.29 is 28.2 Å². The maximum Gasteiger partial charge on any atom is 0.325 e. The predicted octanol–water partition coefficient (Wildman–Crippen LogP) is 5.07. The average Bonchev–Trinajstić information content (AvgIpc) is 2.85. The zero-order valence-electron chi connectivity index (χ0n) is 19.0. The molecule has 35 heavy (non-hydrogen) atoms. The van der Waals surface area contributed by atoms with E-state index < -0.39 is 17.8 Å². The van der Waals surface area contributed by atoms with Crippen molar-refractivity contribution in [3.8, 4) is 23.0 Å². The number of halogens is 1. The fourth-order valence-electron chi connectivity index (χ4n) is 3.39. The van der Waals surface area contributed by atoms with Crippen LogP contribution in [0.3, 0.4) is 0 Å². The Hall–Kier alpha value is -4.66. The largest absolute Gasteiger partial charge is 0.493 e. The minimum atomic E-state index is -0.674. The third-order valence-corrected chi connectivity index (χ3v) is 5.08. The van der Waals surface area contributed by atoms with Gasteiger partial charge in [-0.2, -0.15) is 0 Å². The molecule has 0 bridgehead atoms. The van der Waals surface area contributed by atoms with E-state index in [1.165, 1.54) is 24.3 Å². The second-order valence-corrected chi connectivity index (χ2v) is 7.47. The number of nitrogens with zero attached hydrogens (tertiary/aromatic N) is 1. The molecule has 1 heterocycles. The molecule has 8 nitrogen and oxygen atoms in total. The minimum Gasteiger partial charge on any atom is -0.493 e. The Morgan fingerprint density at radius 1 is 0.886 bits per heavy atom. The molecule has 4 rings (SSSR count). The molecule has 0 atom stereocenters. The van der Waals surface area contributed by atoms with Gasteiger partial charge in [-0.05, 0) is 54.1 Å². The number of anilines is 1. The third-order valence-electron chi connectivity index (χ3n) is 5.08. The van der Waals surface area contributed by atoms with Crippen molar-refractivity contribution in [3.63, 3.8) is 0 Å². The summed E-state index contributed by atoms with van der Waals surface area (Å²) in [5, 5.41) is 5.57. The van der Waals surface area contributed by atoms with Crippen LogP contribution in [0.2, 0.25) is 0 Å². The van der Waals surface area contributed by atoms with Gasteiger partial charge in [0.05, 0.1) is 26.2 Å². The summed E-state index contributed by atoms with van der Waals surface area (Å²) >= 11 is 0. The van der Waals surface area contributed by atoms with Crippen molar-refractivity contribution in [2.45, 2.75) is 6.42 Å². The van der Waals surface area contributed by atoms with Gasteiger partial charge in [-0.25, -0.2) is 9.18 Å². The summed E-state index contributed by atoms with van der Waals surface area (Å²) in [6.45, 7) is 0. The Kier molecular flexibility index (Phi) is 7.06. The van der Waals surface area contributed by atoms with Crippen molar-refractivity contribution in [2.24, 2.45) is 0 Å². The summed E-state index contributed by atoms with van der Waals surface area (Å²) in [6, 6.07) is 16.8. The fourth-order valence-corrected chi connectivity index (χ4v) is 3.39. The molecule has 3 aromatic carbocycles. The molecule has 1 aromatic heterocycles. The van der Waals surface area contributed by atoms with E-state index in [-0.39, 0.29) is 6.42 Å². The smallest absolute Gasteiger partial charge is 0.325 e. The van der Waals surface area contributed by atoms with Crippen LogP contribution in [-0.4, -0.2) is 31.1 Å². The van der Waals surface area contributed by atoms with Crippen LogP contribution < -0.4 is 24.8 Å². The first-order valence-corrected chi connectivity index (χ1v) is 10.6. The number of nitrogens with one attached hydrogen (secondary N) is 2. The van der Waals surface area contributed by atoms with Crippen molar-refractivity contribution in [1.29, 1.82) is 0 Å². The number of urea groups is 1. The Bertz CT molecular complexity index is 1360. The van der Waals surface area contributed by atoms with Crippen molar-refractivity contribution in [1.82, 2.24) is 10.3 Å². The summed E-state index contributed by atoms with van der Waals surface area (Å²) in [5.74, 6) is 1.32. The molecule has 0 spiro atoms. The summed E-state index contributed by atoms with van der Waals surface area (Å²) < 4.78 is 29.7.